The van der Waals surface area contributed by atoms with Crippen LogP contribution < -0.4 is 10.4 Å². The molecule has 0 amide bonds. The van der Waals surface area contributed by atoms with Gasteiger partial charge in [-0.25, -0.2) is 0 Å². The first-order valence-electron chi connectivity index (χ1n) is 6.02. The molecule has 1 aromatic carbocycles. The summed E-state index contributed by atoms with van der Waals surface area (Å²) in [7, 11) is 0. The van der Waals surface area contributed by atoms with Gasteiger partial charge in [0, 0.05) is 16.6 Å². The zero-order chi connectivity index (χ0) is 12.9. The number of anilines is 1. The second-order valence-corrected chi connectivity index (χ2v) is 5.34. The normalized spacial score (nSPS) is 28.4. The highest BCUT2D eigenvalue weighted by Crippen LogP contribution is 2.46. The van der Waals surface area contributed by atoms with Gasteiger partial charge < -0.3 is 15.2 Å². The monoisotopic (exact) mass is 262 g/mol. The molecular weight excluding hydrogens is 250 g/mol. The summed E-state index contributed by atoms with van der Waals surface area (Å²) in [4.78, 5) is 11.3. The third kappa shape index (κ3) is 1.54. The number of hydrogen-bond acceptors (Lipinski definition) is 3. The van der Waals surface area contributed by atoms with E-state index in [2.05, 4.69) is 11.4 Å². The van der Waals surface area contributed by atoms with Gasteiger partial charge in [0.2, 0.25) is 0 Å². The minimum absolute atomic E-state index is 0.0445. The number of carboxylic acids is 1. The van der Waals surface area contributed by atoms with Gasteiger partial charge in [0.25, 0.3) is 0 Å². The molecule has 0 saturated carbocycles. The Kier molecular flexibility index (Phi) is 2.59. The SMILES string of the molecule is Cc1c(Cl)ccc2c1N[C@H](C(=O)[O-])[C@H]1CC=C[C@H]21. The second kappa shape index (κ2) is 4.02. The molecule has 4 heteroatoms. The van der Waals surface area contributed by atoms with Crippen LogP contribution in [0.3, 0.4) is 0 Å². The average Bonchev–Trinajstić information content (AvgIpc) is 2.81. The van der Waals surface area contributed by atoms with E-state index in [4.69, 9.17) is 11.6 Å². The van der Waals surface area contributed by atoms with Crippen LogP contribution in [0.25, 0.3) is 0 Å². The summed E-state index contributed by atoms with van der Waals surface area (Å²) in [6.45, 7) is 1.90. The quantitative estimate of drug-likeness (QED) is 0.786. The molecule has 18 heavy (non-hydrogen) atoms. The van der Waals surface area contributed by atoms with E-state index in [0.29, 0.717) is 5.02 Å². The van der Waals surface area contributed by atoms with Gasteiger partial charge in [-0.3, -0.25) is 0 Å². The summed E-state index contributed by atoms with van der Waals surface area (Å²) >= 11 is 6.09. The molecule has 1 aromatic rings. The smallest absolute Gasteiger partial charge is 0.0698 e. The number of benzene rings is 1. The van der Waals surface area contributed by atoms with Gasteiger partial charge in [-0.05, 0) is 36.5 Å². The Morgan fingerprint density at radius 3 is 3.00 bits per heavy atom. The second-order valence-electron chi connectivity index (χ2n) is 4.93. The van der Waals surface area contributed by atoms with Crippen molar-refractivity contribution in [1.29, 1.82) is 0 Å². The lowest BCUT2D eigenvalue weighted by atomic mass is 9.78. The summed E-state index contributed by atoms with van der Waals surface area (Å²) in [5.41, 5.74) is 2.89. The molecule has 0 saturated heterocycles. The number of aliphatic carboxylic acids is 1. The fourth-order valence-electron chi connectivity index (χ4n) is 3.02. The van der Waals surface area contributed by atoms with Gasteiger partial charge in [0.1, 0.15) is 0 Å². The number of hydrogen-bond donors (Lipinski definition) is 1. The largest absolute Gasteiger partial charge is 0.548 e. The molecule has 94 valence electrons. The molecule has 0 fully saturated rings. The van der Waals surface area contributed by atoms with Crippen molar-refractivity contribution in [2.24, 2.45) is 5.92 Å². The van der Waals surface area contributed by atoms with Gasteiger partial charge in [-0.15, -0.1) is 0 Å². The molecule has 1 aliphatic carbocycles. The number of nitrogens with one attached hydrogen (secondary N) is 1. The van der Waals surface area contributed by atoms with E-state index in [1.165, 1.54) is 0 Å². The number of carboxylic acid groups (broad SMARTS) is 1. The molecule has 0 radical (unpaired) electrons. The lowest BCUT2D eigenvalue weighted by Gasteiger charge is -2.38. The molecule has 0 unspecified atom stereocenters. The van der Waals surface area contributed by atoms with E-state index in [9.17, 15) is 9.90 Å². The van der Waals surface area contributed by atoms with Crippen molar-refractivity contribution in [3.05, 3.63) is 40.4 Å². The predicted octanol–water partition coefficient (Wildman–Crippen LogP) is 1.85. The van der Waals surface area contributed by atoms with Crippen molar-refractivity contribution in [2.75, 3.05) is 5.32 Å². The third-order valence-electron chi connectivity index (χ3n) is 3.99. The topological polar surface area (TPSA) is 52.2 Å². The van der Waals surface area contributed by atoms with Crippen molar-refractivity contribution in [2.45, 2.75) is 25.3 Å². The van der Waals surface area contributed by atoms with Gasteiger partial charge in [0.05, 0.1) is 12.0 Å². The van der Waals surface area contributed by atoms with Crippen molar-refractivity contribution >= 4 is 23.3 Å². The highest BCUT2D eigenvalue weighted by atomic mass is 35.5. The average molecular weight is 263 g/mol. The first kappa shape index (κ1) is 11.6. The predicted molar refractivity (Wildman–Crippen MR) is 68.6 cm³/mol. The third-order valence-corrected chi connectivity index (χ3v) is 4.39. The first-order valence-corrected chi connectivity index (χ1v) is 6.40. The van der Waals surface area contributed by atoms with Gasteiger partial charge in [-0.2, -0.15) is 0 Å². The molecule has 1 heterocycles. The highest BCUT2D eigenvalue weighted by Gasteiger charge is 2.38. The Balaban J connectivity index is 2.14. The maximum atomic E-state index is 11.3. The fourth-order valence-corrected chi connectivity index (χ4v) is 3.18. The Labute approximate surface area is 110 Å². The van der Waals surface area contributed by atoms with Gasteiger partial charge in [-0.1, -0.05) is 29.8 Å². The number of carbonyl (C=O) groups is 1. The maximum absolute atomic E-state index is 11.3. The zero-order valence-electron chi connectivity index (χ0n) is 9.94. The number of allylic oxidation sites excluding steroid dienone is 2. The Hall–Kier alpha value is -1.48. The molecule has 3 rings (SSSR count). The number of halogens is 1. The molecule has 3 nitrogen and oxygen atoms in total. The Morgan fingerprint density at radius 2 is 2.28 bits per heavy atom. The van der Waals surface area contributed by atoms with Crippen LogP contribution in [0.2, 0.25) is 5.02 Å². The first-order chi connectivity index (χ1) is 8.59. The van der Waals surface area contributed by atoms with Crippen LogP contribution in [0.4, 0.5) is 5.69 Å². The van der Waals surface area contributed by atoms with Gasteiger partial charge in [0.15, 0.2) is 0 Å². The summed E-state index contributed by atoms with van der Waals surface area (Å²) in [5.74, 6) is -0.845. The van der Waals surface area contributed by atoms with Crippen molar-refractivity contribution in [3.8, 4) is 0 Å². The number of fused-ring (bicyclic) bond motifs is 3. The fraction of sp³-hybridized carbons (Fsp3) is 0.357. The number of carbonyl (C=O) groups excluding carboxylic acids is 1. The summed E-state index contributed by atoms with van der Waals surface area (Å²) < 4.78 is 0. The van der Waals surface area contributed by atoms with Gasteiger partial charge >= 0.3 is 0 Å². The van der Waals surface area contributed by atoms with Crippen molar-refractivity contribution in [1.82, 2.24) is 0 Å². The van der Waals surface area contributed by atoms with E-state index < -0.39 is 12.0 Å². The van der Waals surface area contributed by atoms with Crippen LogP contribution in [-0.2, 0) is 4.79 Å². The lowest BCUT2D eigenvalue weighted by Crippen LogP contribution is -2.49. The van der Waals surface area contributed by atoms with E-state index >= 15 is 0 Å². The maximum Gasteiger partial charge on any atom is 0.0698 e. The molecule has 1 N–H and O–H groups in total. The van der Waals surface area contributed by atoms with E-state index in [-0.39, 0.29) is 11.8 Å². The molecular formula is C14H13ClNO2-. The van der Waals surface area contributed by atoms with Crippen molar-refractivity contribution in [3.63, 3.8) is 0 Å². The van der Waals surface area contributed by atoms with Crippen LogP contribution >= 0.6 is 11.6 Å². The lowest BCUT2D eigenvalue weighted by molar-refractivity contribution is -0.308. The molecule has 0 aromatic heterocycles. The minimum Gasteiger partial charge on any atom is -0.548 e. The van der Waals surface area contributed by atoms with Crippen LogP contribution in [-0.4, -0.2) is 12.0 Å². The summed E-state index contributed by atoms with van der Waals surface area (Å²) in [6.07, 6.45) is 4.91. The molecule has 0 bridgehead atoms. The van der Waals surface area contributed by atoms with Crippen LogP contribution in [0, 0.1) is 12.8 Å². The van der Waals surface area contributed by atoms with Crippen molar-refractivity contribution < 1.29 is 9.90 Å². The Bertz CT molecular complexity index is 553. The molecule has 0 spiro atoms. The molecule has 2 aliphatic rings. The highest BCUT2D eigenvalue weighted by molar-refractivity contribution is 6.31. The van der Waals surface area contributed by atoms with E-state index in [0.717, 1.165) is 23.2 Å². The van der Waals surface area contributed by atoms with Crippen LogP contribution in [0.1, 0.15) is 23.5 Å². The van der Waals surface area contributed by atoms with Crippen LogP contribution in [0.5, 0.6) is 0 Å². The molecule has 1 aliphatic heterocycles. The number of rotatable bonds is 1. The van der Waals surface area contributed by atoms with Crippen LogP contribution in [0.15, 0.2) is 24.3 Å². The Morgan fingerprint density at radius 1 is 1.50 bits per heavy atom. The van der Waals surface area contributed by atoms with E-state index in [1.807, 2.05) is 25.1 Å². The standard InChI is InChI=1S/C14H14ClNO2/c1-7-11(15)6-5-10-8-3-2-4-9(8)13(14(17)18)16-12(7)10/h2-3,5-6,8-9,13,16H,4H2,1H3,(H,17,18)/p-1/t8-,9-,13-/m0/s1. The molecule has 3 atom stereocenters. The minimum atomic E-state index is -1.04. The summed E-state index contributed by atoms with van der Waals surface area (Å²) in [5, 5.41) is 15.0. The summed E-state index contributed by atoms with van der Waals surface area (Å²) in [6, 6.07) is 3.21. The van der Waals surface area contributed by atoms with E-state index in [1.54, 1.807) is 0 Å². The zero-order valence-corrected chi connectivity index (χ0v) is 10.7.